The van der Waals surface area contributed by atoms with Gasteiger partial charge in [-0.25, -0.2) is 16.8 Å². The van der Waals surface area contributed by atoms with Crippen LogP contribution in [-0.4, -0.2) is 52.7 Å². The zero-order valence-corrected chi connectivity index (χ0v) is 23.1. The van der Waals surface area contributed by atoms with E-state index >= 15 is 0 Å². The number of hydrogen-bond acceptors (Lipinski definition) is 8. The maximum absolute atomic E-state index is 11.9. The van der Waals surface area contributed by atoms with Crippen molar-refractivity contribution in [3.63, 3.8) is 0 Å². The highest BCUT2D eigenvalue weighted by molar-refractivity contribution is 8.04. The van der Waals surface area contributed by atoms with Gasteiger partial charge in [0, 0.05) is 13.0 Å². The van der Waals surface area contributed by atoms with Crippen molar-refractivity contribution in [3.05, 3.63) is 60.7 Å². The van der Waals surface area contributed by atoms with E-state index in [9.17, 15) is 21.6 Å². The lowest BCUT2D eigenvalue weighted by molar-refractivity contribution is -0.157. The van der Waals surface area contributed by atoms with E-state index in [1.54, 1.807) is 16.3 Å². The molecule has 36 heavy (non-hydrogen) atoms. The summed E-state index contributed by atoms with van der Waals surface area (Å²) in [6.07, 6.45) is 0.777. The second-order valence-electron chi connectivity index (χ2n) is 10.3. The molecule has 0 aliphatic carbocycles. The van der Waals surface area contributed by atoms with E-state index in [1.165, 1.54) is 48.5 Å². The first kappa shape index (κ1) is 29.9. The molecule has 0 spiro atoms. The van der Waals surface area contributed by atoms with Crippen LogP contribution < -0.4 is 9.44 Å². The van der Waals surface area contributed by atoms with Gasteiger partial charge in [0.25, 0.3) is 20.0 Å². The average Bonchev–Trinajstić information content (AvgIpc) is 3.21. The number of carbonyl (C=O) groups is 1. The third kappa shape index (κ3) is 9.98. The molecule has 3 rings (SSSR count). The van der Waals surface area contributed by atoms with Gasteiger partial charge in [0.15, 0.2) is 0 Å². The zero-order valence-electron chi connectivity index (χ0n) is 21.5. The Labute approximate surface area is 214 Å². The van der Waals surface area contributed by atoms with Crippen LogP contribution in [0.3, 0.4) is 0 Å². The molecular weight excluding hydrogens is 504 g/mol. The van der Waals surface area contributed by atoms with E-state index < -0.39 is 25.6 Å². The summed E-state index contributed by atoms with van der Waals surface area (Å²) in [7, 11) is -8.21. The SMILES string of the molecule is CC(C)(C)OC(=O)C1CC(OC(C)(C)C)CN1.O=S(=O)(NS(=O)(=O)c1ccccc1)c1ccccc1. The third-order valence-electron chi connectivity index (χ3n) is 4.63. The minimum atomic E-state index is -4.10. The predicted molar refractivity (Wildman–Crippen MR) is 137 cm³/mol. The summed E-state index contributed by atoms with van der Waals surface area (Å²) in [6, 6.07) is 14.4. The van der Waals surface area contributed by atoms with Crippen LogP contribution in [0.4, 0.5) is 0 Å². The number of hydrogen-bond donors (Lipinski definition) is 2. The van der Waals surface area contributed by atoms with Gasteiger partial charge in [-0.05, 0) is 65.8 Å². The Kier molecular flexibility index (Phi) is 9.83. The Morgan fingerprint density at radius 3 is 1.64 bits per heavy atom. The lowest BCUT2D eigenvalue weighted by Crippen LogP contribution is -2.37. The lowest BCUT2D eigenvalue weighted by Gasteiger charge is -2.24. The summed E-state index contributed by atoms with van der Waals surface area (Å²) in [5, 5.41) is 3.15. The van der Waals surface area contributed by atoms with Crippen LogP contribution in [0.1, 0.15) is 48.0 Å². The van der Waals surface area contributed by atoms with Crippen molar-refractivity contribution < 1.29 is 31.1 Å². The average molecular weight is 541 g/mol. The standard InChI is InChI=1S/C13H25NO3.C12H11NO4S2/c1-12(2,3)16-9-7-10(14-8-9)11(15)17-13(4,5)6;14-18(15,11-7-3-1-4-8-11)13-19(16,17)12-9-5-2-6-10-12/h9-10,14H,7-8H2,1-6H3;1-10,13H. The molecule has 0 bridgehead atoms. The first-order valence-corrected chi connectivity index (χ1v) is 14.5. The van der Waals surface area contributed by atoms with Crippen molar-refractivity contribution >= 4 is 26.0 Å². The van der Waals surface area contributed by atoms with Crippen molar-refractivity contribution in [2.45, 2.75) is 81.1 Å². The number of nitrogens with one attached hydrogen (secondary N) is 2. The predicted octanol–water partition coefficient (Wildman–Crippen LogP) is 3.23. The summed E-state index contributed by atoms with van der Waals surface area (Å²) >= 11 is 0. The molecule has 9 nitrogen and oxygen atoms in total. The van der Waals surface area contributed by atoms with Crippen LogP contribution in [0.2, 0.25) is 0 Å². The van der Waals surface area contributed by atoms with Gasteiger partial charge in [0.2, 0.25) is 0 Å². The molecular formula is C25H36N2O7S2. The van der Waals surface area contributed by atoms with E-state index in [2.05, 4.69) is 5.32 Å². The Hall–Kier alpha value is -2.31. The van der Waals surface area contributed by atoms with Crippen molar-refractivity contribution in [1.82, 2.24) is 9.44 Å². The Morgan fingerprint density at radius 1 is 0.806 bits per heavy atom. The molecule has 0 aromatic heterocycles. The van der Waals surface area contributed by atoms with Gasteiger partial charge in [0.05, 0.1) is 21.5 Å². The smallest absolute Gasteiger partial charge is 0.323 e. The first-order valence-electron chi connectivity index (χ1n) is 11.5. The minimum Gasteiger partial charge on any atom is -0.459 e. The van der Waals surface area contributed by atoms with E-state index in [0.717, 1.165) is 0 Å². The summed E-state index contributed by atoms with van der Waals surface area (Å²) in [5.74, 6) is -0.183. The van der Waals surface area contributed by atoms with Gasteiger partial charge >= 0.3 is 5.97 Å². The van der Waals surface area contributed by atoms with Crippen molar-refractivity contribution in [3.8, 4) is 0 Å². The molecule has 200 valence electrons. The van der Waals surface area contributed by atoms with Gasteiger partial charge in [-0.2, -0.15) is 0 Å². The van der Waals surface area contributed by atoms with Gasteiger partial charge in [0.1, 0.15) is 11.6 Å². The molecule has 1 aliphatic rings. The van der Waals surface area contributed by atoms with Gasteiger partial charge < -0.3 is 14.8 Å². The summed E-state index contributed by atoms with van der Waals surface area (Å²) < 4.78 is 60.6. The van der Waals surface area contributed by atoms with Crippen LogP contribution in [0.5, 0.6) is 0 Å². The fourth-order valence-electron chi connectivity index (χ4n) is 3.29. The molecule has 0 amide bonds. The molecule has 1 fully saturated rings. The molecule has 0 saturated carbocycles. The van der Waals surface area contributed by atoms with Crippen molar-refractivity contribution in [2.75, 3.05) is 6.54 Å². The quantitative estimate of drug-likeness (QED) is 0.535. The highest BCUT2D eigenvalue weighted by Gasteiger charge is 2.34. The van der Waals surface area contributed by atoms with Gasteiger partial charge in [-0.15, -0.1) is 4.13 Å². The van der Waals surface area contributed by atoms with Gasteiger partial charge in [-0.1, -0.05) is 36.4 Å². The van der Waals surface area contributed by atoms with Crippen LogP contribution in [-0.2, 0) is 34.3 Å². The normalized spacial score (nSPS) is 18.7. The Morgan fingerprint density at radius 2 is 1.25 bits per heavy atom. The van der Waals surface area contributed by atoms with E-state index in [-0.39, 0.29) is 33.5 Å². The molecule has 11 heteroatoms. The molecule has 1 heterocycles. The molecule has 2 aromatic carbocycles. The zero-order chi connectivity index (χ0) is 27.2. The monoisotopic (exact) mass is 540 g/mol. The largest absolute Gasteiger partial charge is 0.459 e. The number of esters is 1. The Balaban J connectivity index is 0.000000255. The van der Waals surface area contributed by atoms with E-state index in [1.807, 2.05) is 41.5 Å². The summed E-state index contributed by atoms with van der Waals surface area (Å²) in [4.78, 5) is 11.6. The molecule has 1 saturated heterocycles. The fourth-order valence-corrected chi connectivity index (χ4v) is 6.24. The van der Waals surface area contributed by atoms with E-state index in [4.69, 9.17) is 9.47 Å². The summed E-state index contributed by atoms with van der Waals surface area (Å²) in [6.45, 7) is 12.4. The minimum absolute atomic E-state index is 0.0903. The van der Waals surface area contributed by atoms with Gasteiger partial charge in [-0.3, -0.25) is 4.79 Å². The first-order chi connectivity index (χ1) is 16.5. The van der Waals surface area contributed by atoms with Crippen molar-refractivity contribution in [1.29, 1.82) is 0 Å². The van der Waals surface area contributed by atoms with Crippen LogP contribution >= 0.6 is 0 Å². The lowest BCUT2D eigenvalue weighted by atomic mass is 10.1. The maximum Gasteiger partial charge on any atom is 0.323 e. The second-order valence-corrected chi connectivity index (χ2v) is 13.9. The Bertz CT molecular complexity index is 1140. The summed E-state index contributed by atoms with van der Waals surface area (Å²) in [5.41, 5.74) is -0.600. The molecule has 2 atom stereocenters. The molecule has 2 unspecified atom stereocenters. The topological polar surface area (TPSA) is 128 Å². The second kappa shape index (κ2) is 11.8. The molecule has 0 radical (unpaired) electrons. The third-order valence-corrected chi connectivity index (χ3v) is 8.17. The number of ether oxygens (including phenoxy) is 2. The van der Waals surface area contributed by atoms with Crippen molar-refractivity contribution in [2.24, 2.45) is 0 Å². The highest BCUT2D eigenvalue weighted by Crippen LogP contribution is 2.20. The van der Waals surface area contributed by atoms with Crippen LogP contribution in [0.15, 0.2) is 70.5 Å². The molecule has 2 N–H and O–H groups in total. The van der Waals surface area contributed by atoms with Crippen LogP contribution in [0.25, 0.3) is 0 Å². The molecule has 2 aromatic rings. The number of benzene rings is 2. The highest BCUT2D eigenvalue weighted by atomic mass is 32.3. The van der Waals surface area contributed by atoms with Crippen LogP contribution in [0, 0.1) is 0 Å². The maximum atomic E-state index is 11.9. The number of rotatable bonds is 6. The van der Waals surface area contributed by atoms with E-state index in [0.29, 0.717) is 13.0 Å². The number of carbonyl (C=O) groups excluding carboxylic acids is 1. The number of sulfonamides is 2. The fraction of sp³-hybridized carbons (Fsp3) is 0.480. The molecule has 1 aliphatic heterocycles.